The summed E-state index contributed by atoms with van der Waals surface area (Å²) in [4.78, 5) is 22.4. The number of halogens is 1. The molecule has 0 aromatic carbocycles. The molecule has 4 heterocycles. The van der Waals surface area contributed by atoms with Gasteiger partial charge in [-0.15, -0.1) is 0 Å². The maximum Gasteiger partial charge on any atom is 0.222 e. The predicted molar refractivity (Wildman–Crippen MR) is 138 cm³/mol. The van der Waals surface area contributed by atoms with Gasteiger partial charge in [0.1, 0.15) is 18.3 Å². The standard InChI is InChI=1S/C25H35FN8O/c1-3-4-7-25(2,17-35)32-23-19-16-28-20(14-21(19)30-24(27)31-23)18-5-6-22(29-15-18)34-12-10-33(9-8-26)11-13-34/h5-6,14-16,35H,3-4,7-13,17H2,1-2H3,(H3,27,30,31,32)/t25-/m1/s1. The van der Waals surface area contributed by atoms with Crippen LogP contribution in [0.15, 0.2) is 30.6 Å². The average molecular weight is 483 g/mol. The molecule has 188 valence electrons. The first kappa shape index (κ1) is 25.0. The van der Waals surface area contributed by atoms with E-state index in [-0.39, 0.29) is 19.2 Å². The molecule has 4 N–H and O–H groups in total. The van der Waals surface area contributed by atoms with Gasteiger partial charge < -0.3 is 21.1 Å². The lowest BCUT2D eigenvalue weighted by molar-refractivity contribution is 0.212. The van der Waals surface area contributed by atoms with Crippen molar-refractivity contribution in [2.75, 3.05) is 62.0 Å². The van der Waals surface area contributed by atoms with E-state index in [1.54, 1.807) is 6.20 Å². The average Bonchev–Trinajstić information content (AvgIpc) is 2.88. The van der Waals surface area contributed by atoms with Crippen LogP contribution in [-0.2, 0) is 0 Å². The fourth-order valence-electron chi connectivity index (χ4n) is 4.37. The van der Waals surface area contributed by atoms with Crippen LogP contribution < -0.4 is 16.0 Å². The molecule has 1 aliphatic rings. The summed E-state index contributed by atoms with van der Waals surface area (Å²) in [5.41, 5.74) is 7.79. The number of unbranched alkanes of at least 4 members (excludes halogenated alkanes) is 1. The Hall–Kier alpha value is -3.11. The fourth-order valence-corrected chi connectivity index (χ4v) is 4.37. The number of pyridine rings is 2. The number of nitrogens with two attached hydrogens (primary N) is 1. The van der Waals surface area contributed by atoms with E-state index in [0.717, 1.165) is 67.9 Å². The Balaban J connectivity index is 1.54. The molecular formula is C25H35FN8O. The van der Waals surface area contributed by atoms with Crippen molar-refractivity contribution in [1.29, 1.82) is 0 Å². The predicted octanol–water partition coefficient (Wildman–Crippen LogP) is 3.11. The summed E-state index contributed by atoms with van der Waals surface area (Å²) in [5, 5.41) is 14.1. The molecule has 9 nitrogen and oxygen atoms in total. The van der Waals surface area contributed by atoms with E-state index in [1.807, 2.05) is 31.3 Å². The van der Waals surface area contributed by atoms with Crippen LogP contribution in [0.25, 0.3) is 22.2 Å². The largest absolute Gasteiger partial charge is 0.394 e. The molecule has 0 bridgehead atoms. The topological polar surface area (TPSA) is 116 Å². The van der Waals surface area contributed by atoms with E-state index < -0.39 is 5.54 Å². The van der Waals surface area contributed by atoms with Crippen LogP contribution >= 0.6 is 0 Å². The van der Waals surface area contributed by atoms with Crippen LogP contribution in [0.2, 0.25) is 0 Å². The van der Waals surface area contributed by atoms with Crippen molar-refractivity contribution >= 4 is 28.5 Å². The highest BCUT2D eigenvalue weighted by Crippen LogP contribution is 2.29. The van der Waals surface area contributed by atoms with Gasteiger partial charge in [0.2, 0.25) is 5.95 Å². The third-order valence-corrected chi connectivity index (χ3v) is 6.59. The highest BCUT2D eigenvalue weighted by molar-refractivity contribution is 5.91. The number of nitrogen functional groups attached to an aromatic ring is 1. The molecule has 0 spiro atoms. The lowest BCUT2D eigenvalue weighted by Crippen LogP contribution is -2.47. The summed E-state index contributed by atoms with van der Waals surface area (Å²) in [5.74, 6) is 1.63. The molecule has 0 radical (unpaired) electrons. The molecule has 1 saturated heterocycles. The lowest BCUT2D eigenvalue weighted by atomic mass is 9.95. The first-order valence-corrected chi connectivity index (χ1v) is 12.3. The number of anilines is 3. The quantitative estimate of drug-likeness (QED) is 0.401. The lowest BCUT2D eigenvalue weighted by Gasteiger charge is -2.34. The van der Waals surface area contributed by atoms with E-state index in [2.05, 4.69) is 42.0 Å². The number of aliphatic hydroxyl groups is 1. The Kier molecular flexibility index (Phi) is 7.92. The van der Waals surface area contributed by atoms with E-state index in [0.29, 0.717) is 17.9 Å². The Morgan fingerprint density at radius 1 is 1.14 bits per heavy atom. The van der Waals surface area contributed by atoms with Gasteiger partial charge in [-0.3, -0.25) is 9.88 Å². The molecule has 0 unspecified atom stereocenters. The van der Waals surface area contributed by atoms with Gasteiger partial charge in [-0.25, -0.2) is 14.4 Å². The third kappa shape index (κ3) is 5.94. The Morgan fingerprint density at radius 3 is 2.60 bits per heavy atom. The van der Waals surface area contributed by atoms with Crippen molar-refractivity contribution in [3.8, 4) is 11.3 Å². The van der Waals surface area contributed by atoms with Gasteiger partial charge in [0.05, 0.1) is 28.7 Å². The number of rotatable bonds is 10. The van der Waals surface area contributed by atoms with Gasteiger partial charge >= 0.3 is 0 Å². The number of hydrogen-bond acceptors (Lipinski definition) is 9. The second-order valence-electron chi connectivity index (χ2n) is 9.39. The van der Waals surface area contributed by atoms with Crippen LogP contribution in [0.4, 0.5) is 22.0 Å². The van der Waals surface area contributed by atoms with Crippen LogP contribution in [0, 0.1) is 0 Å². The molecule has 1 aliphatic heterocycles. The van der Waals surface area contributed by atoms with Crippen LogP contribution in [0.1, 0.15) is 33.1 Å². The van der Waals surface area contributed by atoms with Crippen LogP contribution in [0.3, 0.4) is 0 Å². The van der Waals surface area contributed by atoms with Crippen LogP contribution in [-0.4, -0.2) is 81.5 Å². The molecule has 0 saturated carbocycles. The van der Waals surface area contributed by atoms with Gasteiger partial charge in [0.25, 0.3) is 0 Å². The number of fused-ring (bicyclic) bond motifs is 1. The molecule has 10 heteroatoms. The molecule has 0 amide bonds. The van der Waals surface area contributed by atoms with Gasteiger partial charge in [-0.1, -0.05) is 19.8 Å². The summed E-state index contributed by atoms with van der Waals surface area (Å²) in [6, 6.07) is 5.88. The molecule has 4 rings (SSSR count). The fraction of sp³-hybridized carbons (Fsp3) is 0.520. The van der Waals surface area contributed by atoms with Crippen molar-refractivity contribution in [1.82, 2.24) is 24.8 Å². The summed E-state index contributed by atoms with van der Waals surface area (Å²) in [6.45, 7) is 7.61. The highest BCUT2D eigenvalue weighted by Gasteiger charge is 2.24. The third-order valence-electron chi connectivity index (χ3n) is 6.59. The minimum absolute atomic E-state index is 0.0210. The molecule has 1 fully saturated rings. The molecule has 3 aromatic rings. The molecule has 1 atom stereocenters. The minimum atomic E-state index is -0.514. The molecule has 0 aliphatic carbocycles. The summed E-state index contributed by atoms with van der Waals surface area (Å²) in [7, 11) is 0. The first-order valence-electron chi connectivity index (χ1n) is 12.3. The Bertz CT molecular complexity index is 1120. The van der Waals surface area contributed by atoms with Crippen molar-refractivity contribution in [3.63, 3.8) is 0 Å². The van der Waals surface area contributed by atoms with Crippen molar-refractivity contribution in [3.05, 3.63) is 30.6 Å². The molecular weight excluding hydrogens is 447 g/mol. The smallest absolute Gasteiger partial charge is 0.222 e. The monoisotopic (exact) mass is 482 g/mol. The van der Waals surface area contributed by atoms with Crippen molar-refractivity contribution in [2.45, 2.75) is 38.6 Å². The first-order chi connectivity index (χ1) is 16.9. The van der Waals surface area contributed by atoms with Gasteiger partial charge in [0, 0.05) is 50.7 Å². The molecule has 3 aromatic heterocycles. The highest BCUT2D eigenvalue weighted by atomic mass is 19.1. The normalized spacial score (nSPS) is 16.4. The summed E-state index contributed by atoms with van der Waals surface area (Å²) < 4.78 is 12.6. The number of piperazine rings is 1. The van der Waals surface area contributed by atoms with Crippen molar-refractivity contribution in [2.24, 2.45) is 0 Å². The zero-order valence-corrected chi connectivity index (χ0v) is 20.5. The SMILES string of the molecule is CCCC[C@](C)(CO)Nc1nc(N)nc2cc(-c3ccc(N4CCN(CCF)CC4)nc3)ncc12. The number of nitrogens with one attached hydrogen (secondary N) is 1. The number of alkyl halides is 1. The molecule has 35 heavy (non-hydrogen) atoms. The Labute approximate surface area is 205 Å². The number of hydrogen-bond donors (Lipinski definition) is 3. The van der Waals surface area contributed by atoms with Gasteiger partial charge in [-0.05, 0) is 31.5 Å². The van der Waals surface area contributed by atoms with E-state index >= 15 is 0 Å². The maximum absolute atomic E-state index is 12.6. The van der Waals surface area contributed by atoms with Crippen LogP contribution in [0.5, 0.6) is 0 Å². The minimum Gasteiger partial charge on any atom is -0.394 e. The zero-order chi connectivity index (χ0) is 24.8. The van der Waals surface area contributed by atoms with Crippen molar-refractivity contribution < 1.29 is 9.50 Å². The summed E-state index contributed by atoms with van der Waals surface area (Å²) >= 11 is 0. The Morgan fingerprint density at radius 2 is 1.94 bits per heavy atom. The number of aromatic nitrogens is 4. The summed E-state index contributed by atoms with van der Waals surface area (Å²) in [6.07, 6.45) is 6.38. The van der Waals surface area contributed by atoms with E-state index in [1.165, 1.54) is 0 Å². The number of aliphatic hydroxyl groups excluding tert-OH is 1. The van der Waals surface area contributed by atoms with E-state index in [4.69, 9.17) is 5.73 Å². The second-order valence-corrected chi connectivity index (χ2v) is 9.39. The second kappa shape index (κ2) is 11.1. The van der Waals surface area contributed by atoms with E-state index in [9.17, 15) is 9.50 Å². The van der Waals surface area contributed by atoms with Gasteiger partial charge in [-0.2, -0.15) is 4.98 Å². The zero-order valence-electron chi connectivity index (χ0n) is 20.5. The number of nitrogens with zero attached hydrogens (tertiary/aromatic N) is 6. The van der Waals surface area contributed by atoms with Gasteiger partial charge in [0.15, 0.2) is 0 Å². The maximum atomic E-state index is 12.6.